The van der Waals surface area contributed by atoms with Crippen LogP contribution in [-0.2, 0) is 4.79 Å². The summed E-state index contributed by atoms with van der Waals surface area (Å²) >= 11 is 0. The highest BCUT2D eigenvalue weighted by Gasteiger charge is 2.17. The van der Waals surface area contributed by atoms with Crippen LogP contribution in [0.3, 0.4) is 0 Å². The Kier molecular flexibility index (Phi) is 7.28. The number of nitrogens with zero attached hydrogens (tertiary/aromatic N) is 2. The van der Waals surface area contributed by atoms with Gasteiger partial charge in [-0.15, -0.1) is 0 Å². The van der Waals surface area contributed by atoms with Crippen molar-refractivity contribution in [1.82, 2.24) is 15.1 Å². The quantitative estimate of drug-likeness (QED) is 0.710. The molecule has 1 aliphatic carbocycles. The summed E-state index contributed by atoms with van der Waals surface area (Å²) in [6, 6.07) is 0.578. The lowest BCUT2D eigenvalue weighted by molar-refractivity contribution is -0.130. The van der Waals surface area contributed by atoms with E-state index < -0.39 is 0 Å². The number of hydrogen-bond acceptors (Lipinski definition) is 3. The normalized spacial score (nSPS) is 16.4. The Morgan fingerprint density at radius 2 is 1.89 bits per heavy atom. The van der Waals surface area contributed by atoms with Gasteiger partial charge in [0, 0.05) is 19.1 Å². The van der Waals surface area contributed by atoms with Gasteiger partial charge in [-0.25, -0.2) is 0 Å². The smallest absolute Gasteiger partial charge is 0.236 e. The van der Waals surface area contributed by atoms with E-state index in [2.05, 4.69) is 31.2 Å². The summed E-state index contributed by atoms with van der Waals surface area (Å²) in [5.41, 5.74) is 0. The van der Waals surface area contributed by atoms with Gasteiger partial charge in [-0.3, -0.25) is 4.79 Å². The number of nitrogens with one attached hydrogen (secondary N) is 1. The van der Waals surface area contributed by atoms with Gasteiger partial charge in [-0.05, 0) is 46.8 Å². The van der Waals surface area contributed by atoms with Crippen LogP contribution in [0.15, 0.2) is 0 Å². The van der Waals surface area contributed by atoms with Gasteiger partial charge in [-0.2, -0.15) is 0 Å². The van der Waals surface area contributed by atoms with Crippen LogP contribution in [0.5, 0.6) is 0 Å². The van der Waals surface area contributed by atoms with E-state index in [0.717, 1.165) is 26.1 Å². The van der Waals surface area contributed by atoms with Crippen LogP contribution in [0.4, 0.5) is 0 Å². The molecule has 0 unspecified atom stereocenters. The second-order valence-corrected chi connectivity index (χ2v) is 5.49. The topological polar surface area (TPSA) is 35.6 Å². The van der Waals surface area contributed by atoms with Crippen LogP contribution in [0.1, 0.15) is 39.0 Å². The maximum absolute atomic E-state index is 12.1. The molecule has 0 atom stereocenters. The van der Waals surface area contributed by atoms with Crippen LogP contribution in [0.2, 0.25) is 0 Å². The predicted molar refractivity (Wildman–Crippen MR) is 75.7 cm³/mol. The summed E-state index contributed by atoms with van der Waals surface area (Å²) in [6.45, 7) is 5.31. The van der Waals surface area contributed by atoms with Gasteiger partial charge >= 0.3 is 0 Å². The number of likely N-dealkylation sites (N-methyl/N-ethyl adjacent to an activating group) is 1. The molecule has 0 heterocycles. The molecule has 0 spiro atoms. The number of hydrogen-bond donors (Lipinski definition) is 1. The third kappa shape index (κ3) is 5.83. The van der Waals surface area contributed by atoms with Gasteiger partial charge < -0.3 is 15.1 Å². The molecule has 4 heteroatoms. The second kappa shape index (κ2) is 8.48. The molecule has 0 aromatic carbocycles. The van der Waals surface area contributed by atoms with E-state index in [1.165, 1.54) is 25.7 Å². The zero-order valence-corrected chi connectivity index (χ0v) is 12.2. The highest BCUT2D eigenvalue weighted by molar-refractivity contribution is 5.78. The van der Waals surface area contributed by atoms with Crippen molar-refractivity contribution >= 4 is 5.91 Å². The van der Waals surface area contributed by atoms with Crippen molar-refractivity contribution < 1.29 is 4.79 Å². The molecule has 4 nitrogen and oxygen atoms in total. The van der Waals surface area contributed by atoms with Crippen LogP contribution in [0.25, 0.3) is 0 Å². The molecule has 1 N–H and O–H groups in total. The lowest BCUT2D eigenvalue weighted by Crippen LogP contribution is -2.41. The number of carbonyl (C=O) groups is 1. The molecule has 0 aromatic heterocycles. The van der Waals surface area contributed by atoms with E-state index in [0.29, 0.717) is 12.6 Å². The first kappa shape index (κ1) is 15.4. The van der Waals surface area contributed by atoms with Crippen LogP contribution < -0.4 is 5.32 Å². The second-order valence-electron chi connectivity index (χ2n) is 5.49. The largest absolute Gasteiger partial charge is 0.342 e. The molecular weight excluding hydrogens is 226 g/mol. The van der Waals surface area contributed by atoms with Gasteiger partial charge in [0.2, 0.25) is 5.91 Å². The lowest BCUT2D eigenvalue weighted by Gasteiger charge is -2.23. The van der Waals surface area contributed by atoms with Crippen LogP contribution in [-0.4, -0.2) is 62.0 Å². The molecule has 18 heavy (non-hydrogen) atoms. The molecule has 0 aliphatic heterocycles. The average Bonchev–Trinajstić information content (AvgIpc) is 2.84. The zero-order valence-electron chi connectivity index (χ0n) is 12.2. The molecule has 106 valence electrons. The Morgan fingerprint density at radius 3 is 2.44 bits per heavy atom. The summed E-state index contributed by atoms with van der Waals surface area (Å²) in [7, 11) is 4.14. The molecule has 1 amide bonds. The molecule has 0 radical (unpaired) electrons. The van der Waals surface area contributed by atoms with E-state index in [1.54, 1.807) is 0 Å². The molecule has 0 bridgehead atoms. The standard InChI is InChI=1S/C14H29N3O/c1-4-17(11-7-10-16(2)3)14(18)12-15-13-8-5-6-9-13/h13,15H,4-12H2,1-3H3. The Morgan fingerprint density at radius 1 is 1.22 bits per heavy atom. The van der Waals surface area contributed by atoms with E-state index in [4.69, 9.17) is 0 Å². The number of amides is 1. The molecule has 0 aromatic rings. The van der Waals surface area contributed by atoms with Gasteiger partial charge in [-0.1, -0.05) is 12.8 Å². The molecule has 0 saturated heterocycles. The van der Waals surface area contributed by atoms with Crippen LogP contribution in [0, 0.1) is 0 Å². The minimum Gasteiger partial charge on any atom is -0.342 e. The van der Waals surface area contributed by atoms with Crippen molar-refractivity contribution in [2.24, 2.45) is 0 Å². The Bertz CT molecular complexity index is 237. The molecule has 1 aliphatic rings. The highest BCUT2D eigenvalue weighted by atomic mass is 16.2. The first-order chi connectivity index (χ1) is 8.63. The molecule has 1 fully saturated rings. The molecular formula is C14H29N3O. The minimum absolute atomic E-state index is 0.253. The Labute approximate surface area is 112 Å². The Balaban J connectivity index is 2.18. The summed E-state index contributed by atoms with van der Waals surface area (Å²) < 4.78 is 0. The number of carbonyl (C=O) groups excluding carboxylic acids is 1. The zero-order chi connectivity index (χ0) is 13.4. The van der Waals surface area contributed by atoms with Crippen LogP contribution >= 0.6 is 0 Å². The van der Waals surface area contributed by atoms with E-state index in [9.17, 15) is 4.79 Å². The van der Waals surface area contributed by atoms with Crippen molar-refractivity contribution in [3.8, 4) is 0 Å². The summed E-state index contributed by atoms with van der Waals surface area (Å²) in [4.78, 5) is 16.2. The summed E-state index contributed by atoms with van der Waals surface area (Å²) in [6.07, 6.45) is 6.15. The molecule has 1 rings (SSSR count). The first-order valence-corrected chi connectivity index (χ1v) is 7.29. The first-order valence-electron chi connectivity index (χ1n) is 7.29. The fourth-order valence-electron chi connectivity index (χ4n) is 2.51. The number of rotatable bonds is 8. The van der Waals surface area contributed by atoms with E-state index >= 15 is 0 Å². The van der Waals surface area contributed by atoms with Gasteiger partial charge in [0.05, 0.1) is 6.54 Å². The van der Waals surface area contributed by atoms with Crippen molar-refractivity contribution in [2.75, 3.05) is 40.3 Å². The van der Waals surface area contributed by atoms with Crippen molar-refractivity contribution in [3.63, 3.8) is 0 Å². The third-order valence-corrected chi connectivity index (χ3v) is 3.66. The maximum Gasteiger partial charge on any atom is 0.236 e. The summed E-state index contributed by atoms with van der Waals surface area (Å²) in [5, 5.41) is 3.39. The van der Waals surface area contributed by atoms with E-state index in [1.807, 2.05) is 4.90 Å². The lowest BCUT2D eigenvalue weighted by atomic mass is 10.2. The fourth-order valence-corrected chi connectivity index (χ4v) is 2.51. The SMILES string of the molecule is CCN(CCCN(C)C)C(=O)CNC1CCCC1. The van der Waals surface area contributed by atoms with Gasteiger partial charge in [0.1, 0.15) is 0 Å². The average molecular weight is 255 g/mol. The van der Waals surface area contributed by atoms with Gasteiger partial charge in [0.25, 0.3) is 0 Å². The third-order valence-electron chi connectivity index (χ3n) is 3.66. The van der Waals surface area contributed by atoms with E-state index in [-0.39, 0.29) is 5.91 Å². The molecule has 1 saturated carbocycles. The van der Waals surface area contributed by atoms with Gasteiger partial charge in [0.15, 0.2) is 0 Å². The highest BCUT2D eigenvalue weighted by Crippen LogP contribution is 2.17. The fraction of sp³-hybridized carbons (Fsp3) is 0.929. The monoisotopic (exact) mass is 255 g/mol. The maximum atomic E-state index is 12.1. The van der Waals surface area contributed by atoms with Crippen molar-refractivity contribution in [2.45, 2.75) is 45.1 Å². The Hall–Kier alpha value is -0.610. The minimum atomic E-state index is 0.253. The van der Waals surface area contributed by atoms with Crippen molar-refractivity contribution in [1.29, 1.82) is 0 Å². The predicted octanol–water partition coefficient (Wildman–Crippen LogP) is 1.32. The van der Waals surface area contributed by atoms with Crippen molar-refractivity contribution in [3.05, 3.63) is 0 Å². The summed E-state index contributed by atoms with van der Waals surface area (Å²) in [5.74, 6) is 0.253.